The molecule has 11 nitrogen and oxygen atoms in total. The van der Waals surface area contributed by atoms with Crippen LogP contribution in [-0.2, 0) is 14.4 Å². The van der Waals surface area contributed by atoms with Crippen molar-refractivity contribution in [1.29, 1.82) is 0 Å². The molecule has 0 fully saturated rings. The number of nitrogens with zero attached hydrogens (tertiary/aromatic N) is 1. The Hall–Kier alpha value is -1.84. The van der Waals surface area contributed by atoms with Crippen LogP contribution in [0.3, 0.4) is 0 Å². The standard InChI is InChI=1S/C17H26N4O7S3/c1-21(2)12-11(29-4-7(18)15(23)24)3-10(22)13(30-5-8(19)16(25)26)14(12)31-6-9(20)17(27)28/h3,7-9,22H,4-6,18-20H2,1-2H3,(H,23,24)(H,25,26)(H,27,28)/t7-,8-,9-/m0/s1. The van der Waals surface area contributed by atoms with Crippen molar-refractivity contribution in [2.24, 2.45) is 17.2 Å². The van der Waals surface area contributed by atoms with Gasteiger partial charge in [0.1, 0.15) is 23.9 Å². The van der Waals surface area contributed by atoms with E-state index in [1.165, 1.54) is 6.07 Å². The average molecular weight is 495 g/mol. The summed E-state index contributed by atoms with van der Waals surface area (Å²) >= 11 is 3.23. The second-order valence-electron chi connectivity index (χ2n) is 6.56. The highest BCUT2D eigenvalue weighted by molar-refractivity contribution is 8.02. The lowest BCUT2D eigenvalue weighted by atomic mass is 10.3. The number of nitrogens with two attached hydrogens (primary N) is 3. The molecule has 1 aromatic rings. The van der Waals surface area contributed by atoms with Gasteiger partial charge in [0.15, 0.2) is 0 Å². The van der Waals surface area contributed by atoms with E-state index in [-0.39, 0.29) is 23.0 Å². The van der Waals surface area contributed by atoms with E-state index in [2.05, 4.69) is 0 Å². The molecule has 0 heterocycles. The zero-order valence-corrected chi connectivity index (χ0v) is 19.3. The molecule has 0 aliphatic carbocycles. The van der Waals surface area contributed by atoms with Crippen LogP contribution < -0.4 is 22.1 Å². The molecule has 0 unspecified atom stereocenters. The molecule has 0 aromatic heterocycles. The van der Waals surface area contributed by atoms with Gasteiger partial charge in [-0.2, -0.15) is 0 Å². The molecule has 1 aromatic carbocycles. The molecule has 14 heteroatoms. The Morgan fingerprint density at radius 1 is 0.839 bits per heavy atom. The van der Waals surface area contributed by atoms with Crippen LogP contribution in [0, 0.1) is 0 Å². The predicted octanol–water partition coefficient (Wildman–Crippen LogP) is -0.0298. The van der Waals surface area contributed by atoms with Crippen LogP contribution in [0.15, 0.2) is 20.8 Å². The van der Waals surface area contributed by atoms with E-state index >= 15 is 0 Å². The minimum absolute atomic E-state index is 0.0169. The highest BCUT2D eigenvalue weighted by Crippen LogP contribution is 2.48. The Morgan fingerprint density at radius 2 is 1.23 bits per heavy atom. The van der Waals surface area contributed by atoms with Gasteiger partial charge in [0.25, 0.3) is 0 Å². The molecule has 0 radical (unpaired) electrons. The molecule has 0 aliphatic rings. The van der Waals surface area contributed by atoms with Crippen LogP contribution in [0.2, 0.25) is 0 Å². The van der Waals surface area contributed by atoms with Gasteiger partial charge in [0, 0.05) is 41.1 Å². The number of phenolic OH excluding ortho intramolecular Hbond substituents is 1. The van der Waals surface area contributed by atoms with E-state index in [9.17, 15) is 19.5 Å². The number of phenols is 1. The molecule has 0 amide bonds. The Labute approximate surface area is 191 Å². The third kappa shape index (κ3) is 7.97. The third-order valence-corrected chi connectivity index (χ3v) is 7.50. The van der Waals surface area contributed by atoms with Gasteiger partial charge in [-0.05, 0) is 6.07 Å². The molecular formula is C17H26N4O7S3. The molecule has 0 saturated carbocycles. The van der Waals surface area contributed by atoms with E-state index in [0.29, 0.717) is 20.4 Å². The topological polar surface area (TPSA) is 213 Å². The van der Waals surface area contributed by atoms with Crippen LogP contribution in [0.1, 0.15) is 0 Å². The number of rotatable bonds is 13. The monoisotopic (exact) mass is 494 g/mol. The third-order valence-electron chi connectivity index (χ3n) is 3.79. The minimum Gasteiger partial charge on any atom is -0.507 e. The fourth-order valence-electron chi connectivity index (χ4n) is 2.14. The van der Waals surface area contributed by atoms with E-state index < -0.39 is 36.0 Å². The summed E-state index contributed by atoms with van der Waals surface area (Å²) in [5, 5.41) is 37.8. The number of benzene rings is 1. The summed E-state index contributed by atoms with van der Waals surface area (Å²) in [6.45, 7) is 0. The zero-order chi connectivity index (χ0) is 23.9. The average Bonchev–Trinajstić information content (AvgIpc) is 2.67. The van der Waals surface area contributed by atoms with Gasteiger partial charge >= 0.3 is 17.9 Å². The fraction of sp³-hybridized carbons (Fsp3) is 0.471. The van der Waals surface area contributed by atoms with Crippen LogP contribution in [0.25, 0.3) is 0 Å². The van der Waals surface area contributed by atoms with Crippen LogP contribution in [0.4, 0.5) is 5.69 Å². The Balaban J connectivity index is 3.42. The number of aliphatic carboxylic acids is 3. The van der Waals surface area contributed by atoms with Crippen molar-refractivity contribution in [2.75, 3.05) is 36.3 Å². The molecule has 31 heavy (non-hydrogen) atoms. The Morgan fingerprint density at radius 3 is 1.61 bits per heavy atom. The van der Waals surface area contributed by atoms with Crippen molar-refractivity contribution in [2.45, 2.75) is 32.8 Å². The number of anilines is 1. The molecule has 0 bridgehead atoms. The van der Waals surface area contributed by atoms with Gasteiger partial charge in [-0.3, -0.25) is 14.4 Å². The minimum atomic E-state index is -1.20. The largest absolute Gasteiger partial charge is 0.507 e. The van der Waals surface area contributed by atoms with E-state index in [1.807, 2.05) is 0 Å². The van der Waals surface area contributed by atoms with Gasteiger partial charge in [-0.25, -0.2) is 0 Å². The van der Waals surface area contributed by atoms with Crippen LogP contribution in [-0.4, -0.2) is 87.8 Å². The molecule has 0 saturated heterocycles. The molecule has 10 N–H and O–H groups in total. The number of aromatic hydroxyl groups is 1. The van der Waals surface area contributed by atoms with Crippen LogP contribution >= 0.6 is 35.3 Å². The Bertz CT molecular complexity index is 825. The van der Waals surface area contributed by atoms with Crippen molar-refractivity contribution in [3.63, 3.8) is 0 Å². The van der Waals surface area contributed by atoms with Gasteiger partial charge in [0.05, 0.1) is 10.6 Å². The fourth-order valence-corrected chi connectivity index (χ4v) is 5.75. The lowest BCUT2D eigenvalue weighted by Gasteiger charge is -2.25. The molecule has 0 spiro atoms. The number of carboxylic acids is 3. The predicted molar refractivity (Wildman–Crippen MR) is 121 cm³/mol. The summed E-state index contributed by atoms with van der Waals surface area (Å²) in [7, 11) is 3.46. The summed E-state index contributed by atoms with van der Waals surface area (Å²) in [6, 6.07) is -2.03. The first-order chi connectivity index (χ1) is 14.4. The lowest BCUT2D eigenvalue weighted by Crippen LogP contribution is -2.33. The van der Waals surface area contributed by atoms with Crippen molar-refractivity contribution >= 4 is 58.9 Å². The summed E-state index contributed by atoms with van der Waals surface area (Å²) in [6.07, 6.45) is 0. The van der Waals surface area contributed by atoms with E-state index in [4.69, 9.17) is 32.5 Å². The molecule has 3 atom stereocenters. The summed E-state index contributed by atoms with van der Waals surface area (Å²) in [4.78, 5) is 36.3. The molecular weight excluding hydrogens is 468 g/mol. The second-order valence-corrected chi connectivity index (χ2v) is 9.68. The molecule has 174 valence electrons. The Kier molecular flexibility index (Phi) is 10.8. The number of hydrogen-bond donors (Lipinski definition) is 7. The van der Waals surface area contributed by atoms with E-state index in [0.717, 1.165) is 35.3 Å². The zero-order valence-electron chi connectivity index (χ0n) is 16.8. The van der Waals surface area contributed by atoms with E-state index in [1.54, 1.807) is 19.0 Å². The first kappa shape index (κ1) is 27.2. The van der Waals surface area contributed by atoms with Gasteiger partial charge in [-0.1, -0.05) is 0 Å². The summed E-state index contributed by atoms with van der Waals surface area (Å²) in [5.41, 5.74) is 17.4. The van der Waals surface area contributed by atoms with Crippen molar-refractivity contribution in [3.05, 3.63) is 6.07 Å². The number of carbonyl (C=O) groups is 3. The summed E-state index contributed by atoms with van der Waals surface area (Å²) in [5.74, 6) is -3.75. The molecule has 0 aliphatic heterocycles. The number of thioether (sulfide) groups is 3. The van der Waals surface area contributed by atoms with Crippen LogP contribution in [0.5, 0.6) is 5.75 Å². The number of hydrogen-bond acceptors (Lipinski definition) is 11. The highest BCUT2D eigenvalue weighted by Gasteiger charge is 2.25. The van der Waals surface area contributed by atoms with Gasteiger partial charge in [-0.15, -0.1) is 35.3 Å². The van der Waals surface area contributed by atoms with Gasteiger partial charge < -0.3 is 42.5 Å². The maximum Gasteiger partial charge on any atom is 0.321 e. The number of carboxylic acid groups (broad SMARTS) is 3. The van der Waals surface area contributed by atoms with Crippen molar-refractivity contribution in [1.82, 2.24) is 0 Å². The maximum absolute atomic E-state index is 11.1. The first-order valence-corrected chi connectivity index (χ1v) is 11.7. The highest BCUT2D eigenvalue weighted by atomic mass is 32.2. The maximum atomic E-state index is 11.1. The smallest absolute Gasteiger partial charge is 0.321 e. The lowest BCUT2D eigenvalue weighted by molar-refractivity contribution is -0.138. The normalized spacial score (nSPS) is 14.0. The second kappa shape index (κ2) is 12.3. The summed E-state index contributed by atoms with van der Waals surface area (Å²) < 4.78 is 0. The quantitative estimate of drug-likeness (QED) is 0.179. The SMILES string of the molecule is CN(C)c1c(SC[C@H](N)C(=O)O)cc(O)c(SC[C@H](N)C(=O)O)c1SC[C@H](N)C(=O)O. The van der Waals surface area contributed by atoms with Crippen molar-refractivity contribution in [3.8, 4) is 5.75 Å². The van der Waals surface area contributed by atoms with Crippen molar-refractivity contribution < 1.29 is 34.8 Å². The first-order valence-electron chi connectivity index (χ1n) is 8.77. The molecule has 1 rings (SSSR count). The van der Waals surface area contributed by atoms with Gasteiger partial charge in [0.2, 0.25) is 0 Å².